The zero-order valence-electron chi connectivity index (χ0n) is 20.2. The van der Waals surface area contributed by atoms with Crippen molar-refractivity contribution in [3.63, 3.8) is 0 Å². The second kappa shape index (κ2) is 15.1. The second-order valence-corrected chi connectivity index (χ2v) is 8.70. The normalized spacial score (nSPS) is 21.1. The monoisotopic (exact) mass is 538 g/mol. The van der Waals surface area contributed by atoms with Crippen LogP contribution >= 0.6 is 11.6 Å². The molecule has 37 heavy (non-hydrogen) atoms. The highest BCUT2D eigenvalue weighted by Gasteiger charge is 2.38. The largest absolute Gasteiger partial charge is 0.508 e. The number of carbonyl (C=O) groups is 2. The summed E-state index contributed by atoms with van der Waals surface area (Å²) in [7, 11) is 1.60. The first-order valence-corrected chi connectivity index (χ1v) is 11.9. The molecular formula is C26H31ClO10. The average molecular weight is 539 g/mol. The van der Waals surface area contributed by atoms with E-state index in [0.717, 1.165) is 24.2 Å². The highest BCUT2D eigenvalue weighted by molar-refractivity contribution is 6.30. The Morgan fingerprint density at radius 3 is 2.41 bits per heavy atom. The molecule has 4 atom stereocenters. The fourth-order valence-corrected chi connectivity index (χ4v) is 3.94. The van der Waals surface area contributed by atoms with Crippen molar-refractivity contribution < 1.29 is 49.3 Å². The van der Waals surface area contributed by atoms with Crippen LogP contribution in [-0.4, -0.2) is 75.8 Å². The standard InChI is InChI=1S/C25H29ClO7.CH2O3/c1-31-22-13-18(26)8-7-17(22)3-2-12-32-20-14-21(28)25(30)23(15-20)33-24(29)11-6-16-4-9-19(27)10-5-16;2-1(3)4/h4-11,13,20-21,23,25,27-28,30H,2-3,12,14-15H2,1H3;(H2,2,3,4)/b11-6+;/t20-,21-,23+,25+;/m0./s1. The Morgan fingerprint density at radius 2 is 1.76 bits per heavy atom. The Kier molecular flexibility index (Phi) is 12.2. The molecule has 1 aliphatic rings. The Hall–Kier alpha value is -3.31. The van der Waals surface area contributed by atoms with E-state index < -0.39 is 30.4 Å². The van der Waals surface area contributed by atoms with Gasteiger partial charge in [-0.3, -0.25) is 0 Å². The van der Waals surface area contributed by atoms with Crippen LogP contribution in [0.3, 0.4) is 0 Å². The number of aliphatic hydroxyl groups excluding tert-OH is 2. The lowest BCUT2D eigenvalue weighted by Gasteiger charge is -2.36. The third kappa shape index (κ3) is 10.7. The minimum absolute atomic E-state index is 0.132. The molecule has 10 nitrogen and oxygen atoms in total. The van der Waals surface area contributed by atoms with Gasteiger partial charge in [0.15, 0.2) is 0 Å². The molecule has 0 aliphatic heterocycles. The van der Waals surface area contributed by atoms with Crippen molar-refractivity contribution in [2.75, 3.05) is 13.7 Å². The number of phenolic OH excluding ortho intramolecular Hbond substituents is 1. The molecule has 0 amide bonds. The minimum atomic E-state index is -1.83. The van der Waals surface area contributed by atoms with Crippen molar-refractivity contribution >= 4 is 29.8 Å². The van der Waals surface area contributed by atoms with Crippen LogP contribution in [0.4, 0.5) is 4.79 Å². The summed E-state index contributed by atoms with van der Waals surface area (Å²) in [5.41, 5.74) is 1.74. The van der Waals surface area contributed by atoms with Crippen LogP contribution in [0.15, 0.2) is 48.5 Å². The molecule has 0 saturated heterocycles. The molecule has 11 heteroatoms. The van der Waals surface area contributed by atoms with Crippen molar-refractivity contribution in [2.45, 2.75) is 50.1 Å². The third-order valence-corrected chi connectivity index (χ3v) is 5.78. The van der Waals surface area contributed by atoms with Gasteiger partial charge in [0.25, 0.3) is 0 Å². The Bertz CT molecular complexity index is 1040. The molecule has 3 rings (SSSR count). The molecule has 1 aliphatic carbocycles. The molecule has 0 radical (unpaired) electrons. The number of rotatable bonds is 9. The van der Waals surface area contributed by atoms with Crippen LogP contribution in [0, 0.1) is 0 Å². The van der Waals surface area contributed by atoms with Crippen molar-refractivity contribution in [3.05, 3.63) is 64.7 Å². The summed E-state index contributed by atoms with van der Waals surface area (Å²) in [4.78, 5) is 20.8. The zero-order valence-corrected chi connectivity index (χ0v) is 21.0. The van der Waals surface area contributed by atoms with E-state index in [0.29, 0.717) is 23.6 Å². The number of halogens is 1. The second-order valence-electron chi connectivity index (χ2n) is 8.26. The molecule has 202 valence electrons. The predicted octanol–water partition coefficient (Wildman–Crippen LogP) is 3.74. The highest BCUT2D eigenvalue weighted by atomic mass is 35.5. The summed E-state index contributed by atoms with van der Waals surface area (Å²) in [5, 5.41) is 44.3. The van der Waals surface area contributed by atoms with E-state index >= 15 is 0 Å². The third-order valence-electron chi connectivity index (χ3n) is 5.54. The Balaban J connectivity index is 0.00000112. The molecule has 0 spiro atoms. The van der Waals surface area contributed by atoms with E-state index in [1.54, 1.807) is 31.4 Å². The molecule has 0 unspecified atom stereocenters. The van der Waals surface area contributed by atoms with Crippen LogP contribution in [0.25, 0.3) is 6.08 Å². The van der Waals surface area contributed by atoms with E-state index in [9.17, 15) is 20.1 Å². The molecule has 1 fully saturated rings. The van der Waals surface area contributed by atoms with Gasteiger partial charge in [-0.1, -0.05) is 29.8 Å². The minimum Gasteiger partial charge on any atom is -0.508 e. The first-order chi connectivity index (χ1) is 17.6. The summed E-state index contributed by atoms with van der Waals surface area (Å²) in [6, 6.07) is 11.8. The fraction of sp³-hybridized carbons (Fsp3) is 0.385. The first kappa shape index (κ1) is 29.9. The number of carboxylic acid groups (broad SMARTS) is 2. The van der Waals surface area contributed by atoms with Crippen LogP contribution in [0.5, 0.6) is 11.5 Å². The van der Waals surface area contributed by atoms with Gasteiger partial charge in [0.05, 0.1) is 19.3 Å². The van der Waals surface area contributed by atoms with Gasteiger partial charge in [0, 0.05) is 30.5 Å². The van der Waals surface area contributed by atoms with Crippen molar-refractivity contribution in [3.8, 4) is 11.5 Å². The summed E-state index contributed by atoms with van der Waals surface area (Å²) in [6.45, 7) is 0.445. The number of esters is 1. The predicted molar refractivity (Wildman–Crippen MR) is 135 cm³/mol. The van der Waals surface area contributed by atoms with E-state index in [1.165, 1.54) is 18.2 Å². The van der Waals surface area contributed by atoms with Crippen LogP contribution in [0.1, 0.15) is 30.4 Å². The molecular weight excluding hydrogens is 508 g/mol. The smallest absolute Gasteiger partial charge is 0.503 e. The SMILES string of the molecule is COc1cc(Cl)ccc1CCCO[C@H]1C[C@H](O)[C@@H](O)[C@H](OC(=O)/C=C/c2ccc(O)cc2)C1.O=C(O)O. The zero-order chi connectivity index (χ0) is 27.4. The molecule has 2 aromatic rings. The fourth-order valence-electron chi connectivity index (χ4n) is 3.78. The summed E-state index contributed by atoms with van der Waals surface area (Å²) < 4.78 is 16.6. The van der Waals surface area contributed by atoms with Gasteiger partial charge in [-0.15, -0.1) is 0 Å². The van der Waals surface area contributed by atoms with Gasteiger partial charge < -0.3 is 39.7 Å². The highest BCUT2D eigenvalue weighted by Crippen LogP contribution is 2.27. The number of aliphatic hydroxyl groups is 2. The number of methoxy groups -OCH3 is 1. The van der Waals surface area contributed by atoms with E-state index in [4.69, 9.17) is 40.8 Å². The van der Waals surface area contributed by atoms with Gasteiger partial charge >= 0.3 is 12.1 Å². The summed E-state index contributed by atoms with van der Waals surface area (Å²) in [6.07, 6.45) is -0.438. The van der Waals surface area contributed by atoms with Gasteiger partial charge in [-0.2, -0.15) is 0 Å². The van der Waals surface area contributed by atoms with Gasteiger partial charge in [-0.05, 0) is 54.3 Å². The molecule has 2 aromatic carbocycles. The topological polar surface area (TPSA) is 163 Å². The quantitative estimate of drug-likeness (QED) is 0.180. The molecule has 5 N–H and O–H groups in total. The number of phenols is 1. The lowest BCUT2D eigenvalue weighted by molar-refractivity contribution is -0.170. The number of aryl methyl sites for hydroxylation is 1. The lowest BCUT2D eigenvalue weighted by Crippen LogP contribution is -2.48. The number of hydrogen-bond acceptors (Lipinski definition) is 8. The van der Waals surface area contributed by atoms with Gasteiger partial charge in [-0.25, -0.2) is 9.59 Å². The van der Waals surface area contributed by atoms with E-state index in [2.05, 4.69) is 0 Å². The average Bonchev–Trinajstić information content (AvgIpc) is 2.84. The maximum absolute atomic E-state index is 12.2. The maximum atomic E-state index is 12.2. The van der Waals surface area contributed by atoms with Crippen molar-refractivity contribution in [1.82, 2.24) is 0 Å². The van der Waals surface area contributed by atoms with Crippen LogP contribution < -0.4 is 4.74 Å². The number of aromatic hydroxyl groups is 1. The van der Waals surface area contributed by atoms with Crippen molar-refractivity contribution in [1.29, 1.82) is 0 Å². The van der Waals surface area contributed by atoms with Crippen LogP contribution in [0.2, 0.25) is 5.02 Å². The lowest BCUT2D eigenvalue weighted by atomic mass is 9.89. The summed E-state index contributed by atoms with van der Waals surface area (Å²) in [5.74, 6) is 0.230. The van der Waals surface area contributed by atoms with Gasteiger partial charge in [0.1, 0.15) is 23.7 Å². The molecule has 1 saturated carbocycles. The number of ether oxygens (including phenoxy) is 3. The molecule has 0 aromatic heterocycles. The molecule has 0 heterocycles. The summed E-state index contributed by atoms with van der Waals surface area (Å²) >= 11 is 5.99. The maximum Gasteiger partial charge on any atom is 0.503 e. The van der Waals surface area contributed by atoms with E-state index in [-0.39, 0.29) is 18.3 Å². The Labute approximate surface area is 219 Å². The first-order valence-electron chi connectivity index (χ1n) is 11.5. The number of carbonyl (C=O) groups excluding carboxylic acids is 1. The van der Waals surface area contributed by atoms with Gasteiger partial charge in [0.2, 0.25) is 0 Å². The Morgan fingerprint density at radius 1 is 1.08 bits per heavy atom. The molecule has 0 bridgehead atoms. The van der Waals surface area contributed by atoms with Crippen LogP contribution in [-0.2, 0) is 20.7 Å². The number of benzene rings is 2. The number of hydrogen-bond donors (Lipinski definition) is 5. The van der Waals surface area contributed by atoms with Crippen molar-refractivity contribution in [2.24, 2.45) is 0 Å². The van der Waals surface area contributed by atoms with E-state index in [1.807, 2.05) is 12.1 Å².